The van der Waals surface area contributed by atoms with Gasteiger partial charge in [-0.25, -0.2) is 0 Å². The van der Waals surface area contributed by atoms with Gasteiger partial charge in [0.1, 0.15) is 0 Å². The Bertz CT molecular complexity index is 369. The highest BCUT2D eigenvalue weighted by atomic mass is 35.5. The van der Waals surface area contributed by atoms with Crippen LogP contribution < -0.4 is 0 Å². The smallest absolute Gasteiger partial charge is 0.232 e. The highest BCUT2D eigenvalue weighted by Gasteiger charge is 2.14. The van der Waals surface area contributed by atoms with E-state index < -0.39 is 0 Å². The highest BCUT2D eigenvalue weighted by molar-refractivity contribution is 8.00. The van der Waals surface area contributed by atoms with E-state index in [0.29, 0.717) is 10.8 Å². The Labute approximate surface area is 111 Å². The number of benzene rings is 1. The fourth-order valence-electron chi connectivity index (χ4n) is 1.15. The molecule has 1 unspecified atom stereocenters. The number of aliphatic hydroxyl groups excluding tert-OH is 1. The third-order valence-electron chi connectivity index (χ3n) is 2.49. The number of carbonyl (C=O) groups is 1. The number of thioether (sulfide) groups is 1. The van der Waals surface area contributed by atoms with Gasteiger partial charge in [-0.1, -0.05) is 11.6 Å². The van der Waals surface area contributed by atoms with E-state index in [4.69, 9.17) is 16.7 Å². The summed E-state index contributed by atoms with van der Waals surface area (Å²) in [5.41, 5.74) is 0. The lowest BCUT2D eigenvalue weighted by molar-refractivity contribution is -0.129. The number of aliphatic hydroxyl groups is 1. The SMILES string of the molecule is CC(CO)N(C)C(=O)CSc1ccc(Cl)cc1. The number of likely N-dealkylation sites (N-methyl/N-ethyl adjacent to an activating group) is 1. The van der Waals surface area contributed by atoms with Crippen LogP contribution in [0.3, 0.4) is 0 Å². The number of amides is 1. The Kier molecular flexibility index (Phi) is 5.82. The monoisotopic (exact) mass is 273 g/mol. The van der Waals surface area contributed by atoms with Crippen LogP contribution in [-0.4, -0.2) is 41.4 Å². The van der Waals surface area contributed by atoms with Gasteiger partial charge in [0.25, 0.3) is 0 Å². The molecule has 1 aromatic rings. The zero-order valence-corrected chi connectivity index (χ0v) is 11.5. The Hall–Kier alpha value is -0.710. The molecular weight excluding hydrogens is 258 g/mol. The van der Waals surface area contributed by atoms with Crippen LogP contribution in [0.2, 0.25) is 5.02 Å². The largest absolute Gasteiger partial charge is 0.394 e. The van der Waals surface area contributed by atoms with Gasteiger partial charge in [0, 0.05) is 17.0 Å². The second-order valence-electron chi connectivity index (χ2n) is 3.78. The molecule has 1 N–H and O–H groups in total. The van der Waals surface area contributed by atoms with E-state index in [1.165, 1.54) is 11.8 Å². The van der Waals surface area contributed by atoms with Crippen LogP contribution in [0.25, 0.3) is 0 Å². The predicted octanol–water partition coefficient (Wildman–Crippen LogP) is 2.27. The molecule has 0 aliphatic carbocycles. The molecule has 3 nitrogen and oxygen atoms in total. The molecule has 1 atom stereocenters. The third-order valence-corrected chi connectivity index (χ3v) is 3.74. The normalized spacial score (nSPS) is 12.2. The summed E-state index contributed by atoms with van der Waals surface area (Å²) in [6.07, 6.45) is 0. The van der Waals surface area contributed by atoms with Crippen molar-refractivity contribution in [2.75, 3.05) is 19.4 Å². The first-order chi connectivity index (χ1) is 8.04. The fourth-order valence-corrected chi connectivity index (χ4v) is 2.09. The summed E-state index contributed by atoms with van der Waals surface area (Å²) in [6, 6.07) is 7.22. The van der Waals surface area contributed by atoms with E-state index in [0.717, 1.165) is 4.90 Å². The third kappa shape index (κ3) is 4.58. The molecule has 0 saturated carbocycles. The average Bonchev–Trinajstić information content (AvgIpc) is 2.35. The molecule has 0 spiro atoms. The van der Waals surface area contributed by atoms with Crippen molar-refractivity contribution < 1.29 is 9.90 Å². The van der Waals surface area contributed by atoms with Gasteiger partial charge < -0.3 is 10.0 Å². The van der Waals surface area contributed by atoms with Crippen molar-refractivity contribution in [1.82, 2.24) is 4.90 Å². The van der Waals surface area contributed by atoms with Crippen LogP contribution in [0.15, 0.2) is 29.2 Å². The van der Waals surface area contributed by atoms with Crippen LogP contribution in [0.5, 0.6) is 0 Å². The van der Waals surface area contributed by atoms with Crippen molar-refractivity contribution in [2.45, 2.75) is 17.9 Å². The molecule has 5 heteroatoms. The molecule has 94 valence electrons. The molecule has 0 radical (unpaired) electrons. The Morgan fingerprint density at radius 2 is 2.06 bits per heavy atom. The van der Waals surface area contributed by atoms with Crippen LogP contribution in [0, 0.1) is 0 Å². The van der Waals surface area contributed by atoms with Crippen molar-refractivity contribution >= 4 is 29.3 Å². The van der Waals surface area contributed by atoms with Crippen molar-refractivity contribution in [3.05, 3.63) is 29.3 Å². The quantitative estimate of drug-likeness (QED) is 0.837. The molecule has 1 amide bonds. The van der Waals surface area contributed by atoms with Gasteiger partial charge in [0.15, 0.2) is 0 Å². The minimum absolute atomic E-state index is 0.00602. The number of nitrogens with zero attached hydrogens (tertiary/aromatic N) is 1. The van der Waals surface area contributed by atoms with E-state index in [2.05, 4.69) is 0 Å². The second kappa shape index (κ2) is 6.89. The van der Waals surface area contributed by atoms with Crippen molar-refractivity contribution in [3.63, 3.8) is 0 Å². The lowest BCUT2D eigenvalue weighted by Gasteiger charge is -2.22. The molecule has 0 fully saturated rings. The summed E-state index contributed by atoms with van der Waals surface area (Å²) in [6.45, 7) is 1.79. The van der Waals surface area contributed by atoms with Gasteiger partial charge in [-0.3, -0.25) is 4.79 Å². The van der Waals surface area contributed by atoms with E-state index in [-0.39, 0.29) is 18.6 Å². The maximum Gasteiger partial charge on any atom is 0.232 e. The summed E-state index contributed by atoms with van der Waals surface area (Å²) < 4.78 is 0. The molecule has 0 aromatic heterocycles. The zero-order valence-electron chi connectivity index (χ0n) is 9.89. The lowest BCUT2D eigenvalue weighted by Crippen LogP contribution is -2.38. The standard InChI is InChI=1S/C12H16ClNO2S/c1-9(7-15)14(2)12(16)8-17-11-5-3-10(13)4-6-11/h3-6,9,15H,7-8H2,1-2H3. The van der Waals surface area contributed by atoms with Gasteiger partial charge in [-0.15, -0.1) is 11.8 Å². The lowest BCUT2D eigenvalue weighted by atomic mass is 10.3. The van der Waals surface area contributed by atoms with Crippen molar-refractivity contribution in [2.24, 2.45) is 0 Å². The Balaban J connectivity index is 2.45. The van der Waals surface area contributed by atoms with Crippen molar-refractivity contribution in [1.29, 1.82) is 0 Å². The maximum atomic E-state index is 11.8. The van der Waals surface area contributed by atoms with E-state index in [1.807, 2.05) is 19.1 Å². The number of carbonyl (C=O) groups excluding carboxylic acids is 1. The van der Waals surface area contributed by atoms with E-state index in [1.54, 1.807) is 24.1 Å². The summed E-state index contributed by atoms with van der Waals surface area (Å²) in [5, 5.41) is 9.64. The fraction of sp³-hybridized carbons (Fsp3) is 0.417. The molecule has 1 rings (SSSR count). The molecule has 0 aliphatic rings. The summed E-state index contributed by atoms with van der Waals surface area (Å²) in [4.78, 5) is 14.3. The highest BCUT2D eigenvalue weighted by Crippen LogP contribution is 2.20. The van der Waals surface area contributed by atoms with E-state index in [9.17, 15) is 4.79 Å². The summed E-state index contributed by atoms with van der Waals surface area (Å²) in [7, 11) is 1.70. The molecule has 17 heavy (non-hydrogen) atoms. The summed E-state index contributed by atoms with van der Waals surface area (Å²) in [5.74, 6) is 0.370. The van der Waals surface area contributed by atoms with Crippen LogP contribution in [-0.2, 0) is 4.79 Å². The van der Waals surface area contributed by atoms with Gasteiger partial charge in [-0.05, 0) is 31.2 Å². The number of hydrogen-bond acceptors (Lipinski definition) is 3. The molecular formula is C12H16ClNO2S. The minimum Gasteiger partial charge on any atom is -0.394 e. The predicted molar refractivity (Wildman–Crippen MR) is 71.5 cm³/mol. The van der Waals surface area contributed by atoms with Gasteiger partial charge in [-0.2, -0.15) is 0 Å². The van der Waals surface area contributed by atoms with Gasteiger partial charge >= 0.3 is 0 Å². The maximum absolute atomic E-state index is 11.8. The topological polar surface area (TPSA) is 40.5 Å². The van der Waals surface area contributed by atoms with E-state index >= 15 is 0 Å². The molecule has 0 aliphatic heterocycles. The Morgan fingerprint density at radius 3 is 2.59 bits per heavy atom. The first-order valence-corrected chi connectivity index (χ1v) is 6.66. The number of hydrogen-bond donors (Lipinski definition) is 1. The van der Waals surface area contributed by atoms with Crippen molar-refractivity contribution in [3.8, 4) is 0 Å². The number of rotatable bonds is 5. The van der Waals surface area contributed by atoms with Crippen LogP contribution >= 0.6 is 23.4 Å². The average molecular weight is 274 g/mol. The first kappa shape index (κ1) is 14.4. The molecule has 0 saturated heterocycles. The zero-order chi connectivity index (χ0) is 12.8. The Morgan fingerprint density at radius 1 is 1.47 bits per heavy atom. The van der Waals surface area contributed by atoms with Gasteiger partial charge in [0.05, 0.1) is 18.4 Å². The molecule has 0 heterocycles. The second-order valence-corrected chi connectivity index (χ2v) is 5.26. The van der Waals surface area contributed by atoms with Gasteiger partial charge in [0.2, 0.25) is 5.91 Å². The van der Waals surface area contributed by atoms with Crippen LogP contribution in [0.1, 0.15) is 6.92 Å². The first-order valence-electron chi connectivity index (χ1n) is 5.29. The minimum atomic E-state index is -0.145. The summed E-state index contributed by atoms with van der Waals surface area (Å²) >= 11 is 7.23. The number of halogens is 1. The molecule has 1 aromatic carbocycles. The molecule has 0 bridgehead atoms. The van der Waals surface area contributed by atoms with Crippen LogP contribution in [0.4, 0.5) is 0 Å².